The van der Waals surface area contributed by atoms with Crippen molar-refractivity contribution in [3.8, 4) is 0 Å². The summed E-state index contributed by atoms with van der Waals surface area (Å²) in [5.41, 5.74) is 4.41. The van der Waals surface area contributed by atoms with Crippen molar-refractivity contribution in [3.05, 3.63) is 107 Å². The van der Waals surface area contributed by atoms with E-state index in [1.807, 2.05) is 36.1 Å². The van der Waals surface area contributed by atoms with E-state index in [1.165, 1.54) is 24.3 Å². The highest BCUT2D eigenvalue weighted by atomic mass is 19.1. The van der Waals surface area contributed by atoms with Crippen molar-refractivity contribution in [1.29, 1.82) is 0 Å². The largest absolute Gasteiger partial charge is 0.480 e. The molecule has 35 heavy (non-hydrogen) atoms. The maximum Gasteiger partial charge on any atom is 0.325 e. The van der Waals surface area contributed by atoms with Crippen LogP contribution < -0.4 is 0 Å². The molecule has 0 spiro atoms. The highest BCUT2D eigenvalue weighted by Crippen LogP contribution is 2.35. The third-order valence-electron chi connectivity index (χ3n) is 6.90. The molecule has 0 bridgehead atoms. The first kappa shape index (κ1) is 23.2. The molecule has 1 aromatic heterocycles. The third-order valence-corrected chi connectivity index (χ3v) is 6.90. The summed E-state index contributed by atoms with van der Waals surface area (Å²) >= 11 is 0. The van der Waals surface area contributed by atoms with E-state index in [0.29, 0.717) is 26.2 Å². The Morgan fingerprint density at radius 1 is 0.829 bits per heavy atom. The summed E-state index contributed by atoms with van der Waals surface area (Å²) in [5, 5.41) is 11.2. The molecule has 5 rings (SSSR count). The lowest BCUT2D eigenvalue weighted by Crippen LogP contribution is -2.50. The van der Waals surface area contributed by atoms with Gasteiger partial charge in [0.2, 0.25) is 0 Å². The molecule has 2 N–H and O–H groups in total. The Morgan fingerprint density at radius 3 is 1.89 bits per heavy atom. The molecule has 0 saturated carbocycles. The number of rotatable bonds is 6. The zero-order valence-corrected chi connectivity index (χ0v) is 19.4. The second kappa shape index (κ2) is 9.60. The summed E-state index contributed by atoms with van der Waals surface area (Å²) in [5.74, 6) is -1.50. The highest BCUT2D eigenvalue weighted by molar-refractivity contribution is 5.90. The standard InChI is InChI=1S/C28H27F2N3O2/c1-18-25(23-4-2-3-5-24(23)31-18)27(28(34)35)33-16-14-32(15-17-33)26(19-6-10-21(29)11-7-19)20-8-12-22(30)13-9-20/h2-13,26-27,31H,14-17H2,1H3,(H,34,35)/t27-/m1/s1. The van der Waals surface area contributed by atoms with Gasteiger partial charge in [-0.15, -0.1) is 0 Å². The van der Waals surface area contributed by atoms with Crippen molar-refractivity contribution in [3.63, 3.8) is 0 Å². The van der Waals surface area contributed by atoms with Gasteiger partial charge < -0.3 is 10.1 Å². The number of nitrogens with one attached hydrogen (secondary N) is 1. The number of halogens is 2. The summed E-state index contributed by atoms with van der Waals surface area (Å²) in [6.45, 7) is 4.25. The van der Waals surface area contributed by atoms with Crippen LogP contribution in [0.15, 0.2) is 72.8 Å². The van der Waals surface area contributed by atoms with Crippen LogP contribution in [0.3, 0.4) is 0 Å². The van der Waals surface area contributed by atoms with E-state index in [4.69, 9.17) is 0 Å². The minimum absolute atomic E-state index is 0.184. The summed E-state index contributed by atoms with van der Waals surface area (Å²) in [7, 11) is 0. The summed E-state index contributed by atoms with van der Waals surface area (Å²) < 4.78 is 27.2. The number of carboxylic acids is 1. The molecule has 7 heteroatoms. The quantitative estimate of drug-likeness (QED) is 0.398. The van der Waals surface area contributed by atoms with E-state index < -0.39 is 12.0 Å². The van der Waals surface area contributed by atoms with E-state index in [9.17, 15) is 18.7 Å². The molecule has 4 aromatic rings. The Hall–Kier alpha value is -3.55. The Kier molecular flexibility index (Phi) is 6.36. The van der Waals surface area contributed by atoms with Crippen molar-refractivity contribution < 1.29 is 18.7 Å². The van der Waals surface area contributed by atoms with Crippen molar-refractivity contribution in [2.75, 3.05) is 26.2 Å². The number of aromatic nitrogens is 1. The van der Waals surface area contributed by atoms with Gasteiger partial charge in [0.25, 0.3) is 0 Å². The number of aliphatic carboxylic acids is 1. The van der Waals surface area contributed by atoms with Crippen LogP contribution >= 0.6 is 0 Å². The van der Waals surface area contributed by atoms with Gasteiger partial charge in [-0.05, 0) is 48.4 Å². The van der Waals surface area contributed by atoms with Gasteiger partial charge in [0.15, 0.2) is 0 Å². The molecule has 0 radical (unpaired) electrons. The number of hydrogen-bond donors (Lipinski definition) is 2. The van der Waals surface area contributed by atoms with Crippen LogP contribution in [-0.4, -0.2) is 52.0 Å². The first-order valence-electron chi connectivity index (χ1n) is 11.7. The van der Waals surface area contributed by atoms with Crippen LogP contribution in [0.2, 0.25) is 0 Å². The third kappa shape index (κ3) is 4.57. The van der Waals surface area contributed by atoms with Gasteiger partial charge in [-0.1, -0.05) is 42.5 Å². The Labute approximate surface area is 202 Å². The number of nitrogens with zero attached hydrogens (tertiary/aromatic N) is 2. The number of piperazine rings is 1. The SMILES string of the molecule is Cc1[nH]c2ccccc2c1[C@H](C(=O)O)N1CCN(C(c2ccc(F)cc2)c2ccc(F)cc2)CC1. The molecule has 3 aromatic carbocycles. The van der Waals surface area contributed by atoms with Crippen LogP contribution in [0.5, 0.6) is 0 Å². The topological polar surface area (TPSA) is 59.6 Å². The molecule has 0 aliphatic carbocycles. The van der Waals surface area contributed by atoms with E-state index in [1.54, 1.807) is 24.3 Å². The zero-order valence-electron chi connectivity index (χ0n) is 19.4. The minimum Gasteiger partial charge on any atom is -0.480 e. The predicted molar refractivity (Wildman–Crippen MR) is 131 cm³/mol. The number of hydrogen-bond acceptors (Lipinski definition) is 3. The number of fused-ring (bicyclic) bond motifs is 1. The summed E-state index contributed by atoms with van der Waals surface area (Å²) in [4.78, 5) is 20.0. The molecule has 0 unspecified atom stereocenters. The van der Waals surface area contributed by atoms with Crippen molar-refractivity contribution in [2.24, 2.45) is 0 Å². The maximum atomic E-state index is 13.6. The van der Waals surface area contributed by atoms with Gasteiger partial charge in [-0.2, -0.15) is 0 Å². The number of para-hydroxylation sites is 1. The van der Waals surface area contributed by atoms with Crippen molar-refractivity contribution in [2.45, 2.75) is 19.0 Å². The fourth-order valence-electron chi connectivity index (χ4n) is 5.27. The molecule has 5 nitrogen and oxygen atoms in total. The van der Waals surface area contributed by atoms with Gasteiger partial charge in [-0.3, -0.25) is 14.6 Å². The second-order valence-corrected chi connectivity index (χ2v) is 9.03. The Morgan fingerprint density at radius 2 is 1.34 bits per heavy atom. The number of aryl methyl sites for hydroxylation is 1. The lowest BCUT2D eigenvalue weighted by Gasteiger charge is -2.41. The molecule has 1 saturated heterocycles. The van der Waals surface area contributed by atoms with Crippen LogP contribution in [0.1, 0.15) is 34.5 Å². The number of H-pyrrole nitrogens is 1. The van der Waals surface area contributed by atoms with Crippen molar-refractivity contribution in [1.82, 2.24) is 14.8 Å². The Bertz CT molecular complexity index is 1280. The average Bonchev–Trinajstić information content (AvgIpc) is 3.18. The number of carbonyl (C=O) groups is 1. The van der Waals surface area contributed by atoms with E-state index >= 15 is 0 Å². The van der Waals surface area contributed by atoms with Gasteiger partial charge in [0, 0.05) is 48.3 Å². The number of carboxylic acid groups (broad SMARTS) is 1. The lowest BCUT2D eigenvalue weighted by atomic mass is 9.95. The van der Waals surface area contributed by atoms with Gasteiger partial charge in [0.1, 0.15) is 17.7 Å². The highest BCUT2D eigenvalue weighted by Gasteiger charge is 2.35. The smallest absolute Gasteiger partial charge is 0.325 e. The number of aromatic amines is 1. The molecular weight excluding hydrogens is 448 g/mol. The van der Waals surface area contributed by atoms with Gasteiger partial charge in [0.05, 0.1) is 6.04 Å². The fourth-order valence-corrected chi connectivity index (χ4v) is 5.27. The fraction of sp³-hybridized carbons (Fsp3) is 0.250. The molecule has 1 fully saturated rings. The maximum absolute atomic E-state index is 13.6. The first-order chi connectivity index (χ1) is 16.9. The molecule has 1 aliphatic heterocycles. The molecule has 2 heterocycles. The second-order valence-electron chi connectivity index (χ2n) is 9.03. The molecule has 1 atom stereocenters. The van der Waals surface area contributed by atoms with Crippen LogP contribution in [0.4, 0.5) is 8.78 Å². The first-order valence-corrected chi connectivity index (χ1v) is 11.7. The zero-order chi connectivity index (χ0) is 24.5. The van der Waals surface area contributed by atoms with Crippen LogP contribution in [0.25, 0.3) is 10.9 Å². The molecular formula is C28H27F2N3O2. The molecule has 1 aliphatic rings. The van der Waals surface area contributed by atoms with Gasteiger partial charge >= 0.3 is 5.97 Å². The normalized spacial score (nSPS) is 16.1. The lowest BCUT2D eigenvalue weighted by molar-refractivity contribution is -0.144. The van der Waals surface area contributed by atoms with Crippen LogP contribution in [0, 0.1) is 18.6 Å². The average molecular weight is 476 g/mol. The van der Waals surface area contributed by atoms with Crippen LogP contribution in [-0.2, 0) is 4.79 Å². The van der Waals surface area contributed by atoms with E-state index in [2.05, 4.69) is 9.88 Å². The summed E-state index contributed by atoms with van der Waals surface area (Å²) in [6, 6.07) is 19.6. The molecule has 0 amide bonds. The predicted octanol–water partition coefficient (Wildman–Crippen LogP) is 5.29. The minimum atomic E-state index is -0.875. The summed E-state index contributed by atoms with van der Waals surface area (Å²) in [6.07, 6.45) is 0. The van der Waals surface area contributed by atoms with E-state index in [-0.39, 0.29) is 17.7 Å². The van der Waals surface area contributed by atoms with E-state index in [0.717, 1.165) is 33.3 Å². The van der Waals surface area contributed by atoms with Gasteiger partial charge in [-0.25, -0.2) is 8.78 Å². The monoisotopic (exact) mass is 475 g/mol. The Balaban J connectivity index is 1.42. The number of benzene rings is 3. The molecule has 180 valence electrons. The van der Waals surface area contributed by atoms with Crippen molar-refractivity contribution >= 4 is 16.9 Å².